The van der Waals surface area contributed by atoms with E-state index in [1.807, 2.05) is 6.07 Å². The van der Waals surface area contributed by atoms with E-state index in [2.05, 4.69) is 78.0 Å². The van der Waals surface area contributed by atoms with Crippen LogP contribution in [-0.4, -0.2) is 4.43 Å². The summed E-state index contributed by atoms with van der Waals surface area (Å²) >= 11 is 2.53. The lowest BCUT2D eigenvalue weighted by molar-refractivity contribution is 0.0556. The van der Waals surface area contributed by atoms with E-state index in [1.165, 1.54) is 36.0 Å². The molecule has 4 rings (SSSR count). The van der Waals surface area contributed by atoms with E-state index in [-0.39, 0.29) is 0 Å². The fraction of sp³-hybridized carbons (Fsp3) is 0.480. The number of rotatable bonds is 5. The van der Waals surface area contributed by atoms with Crippen molar-refractivity contribution >= 4 is 22.6 Å². The second-order valence-electron chi connectivity index (χ2n) is 8.74. The number of ether oxygens (including phenoxy) is 1. The molecule has 0 amide bonds. The maximum atomic E-state index is 9.45. The van der Waals surface area contributed by atoms with Gasteiger partial charge in [0.15, 0.2) is 0 Å². The van der Waals surface area contributed by atoms with Gasteiger partial charge in [-0.1, -0.05) is 65.9 Å². The van der Waals surface area contributed by atoms with Gasteiger partial charge >= 0.3 is 0 Å². The van der Waals surface area contributed by atoms with Gasteiger partial charge in [-0.25, -0.2) is 0 Å². The van der Waals surface area contributed by atoms with E-state index < -0.39 is 0 Å². The van der Waals surface area contributed by atoms with Crippen LogP contribution in [0.25, 0.3) is 0 Å². The van der Waals surface area contributed by atoms with Crippen molar-refractivity contribution in [2.24, 2.45) is 17.3 Å². The smallest absolute Gasteiger partial charge is 0.120 e. The summed E-state index contributed by atoms with van der Waals surface area (Å²) in [7, 11) is 0. The number of aryl methyl sites for hydroxylation is 1. The molecule has 28 heavy (non-hydrogen) atoms. The van der Waals surface area contributed by atoms with Crippen LogP contribution in [0.5, 0.6) is 5.75 Å². The van der Waals surface area contributed by atoms with E-state index >= 15 is 0 Å². The average Bonchev–Trinajstić information content (AvgIpc) is 2.74. The normalized spacial score (nSPS) is 28.7. The zero-order valence-corrected chi connectivity index (χ0v) is 18.7. The quantitative estimate of drug-likeness (QED) is 0.350. The number of nitrogens with zero attached hydrogens (tertiary/aromatic N) is 1. The van der Waals surface area contributed by atoms with Crippen LogP contribution in [0.2, 0.25) is 0 Å². The van der Waals surface area contributed by atoms with Crippen molar-refractivity contribution in [1.29, 1.82) is 5.26 Å². The molecule has 0 aliphatic heterocycles. The predicted molar refractivity (Wildman–Crippen MR) is 122 cm³/mol. The molecule has 0 bridgehead atoms. The summed E-state index contributed by atoms with van der Waals surface area (Å²) in [5, 5.41) is 9.45. The topological polar surface area (TPSA) is 33.0 Å². The number of alkyl halides is 1. The van der Waals surface area contributed by atoms with Crippen molar-refractivity contribution < 1.29 is 4.74 Å². The molecule has 4 atom stereocenters. The highest BCUT2D eigenvalue weighted by molar-refractivity contribution is 14.1. The fourth-order valence-corrected chi connectivity index (χ4v) is 6.39. The van der Waals surface area contributed by atoms with Crippen molar-refractivity contribution in [3.8, 4) is 11.8 Å². The molecule has 146 valence electrons. The lowest BCUT2D eigenvalue weighted by atomic mass is 9.54. The molecule has 0 N–H and O–H groups in total. The Bertz CT molecular complexity index is 859. The van der Waals surface area contributed by atoms with Gasteiger partial charge in [-0.2, -0.15) is 5.26 Å². The molecule has 2 aliphatic carbocycles. The van der Waals surface area contributed by atoms with Gasteiger partial charge in [0, 0.05) is 10.8 Å². The van der Waals surface area contributed by atoms with Crippen LogP contribution in [-0.2, 0) is 13.0 Å². The minimum atomic E-state index is 0.313. The zero-order valence-electron chi connectivity index (χ0n) is 16.5. The first-order valence-corrected chi connectivity index (χ1v) is 11.9. The first kappa shape index (κ1) is 19.8. The standard InChI is InChI=1S/C25H28INO/c1-25(17-26)13-11-22-21-10-8-20(28-16-18-5-3-2-4-6-18)15-19(21)7-9-23(22)24(25)12-14-27/h2-6,8,10,15,22-24H,7,9,11-13,16-17H2,1H3. The van der Waals surface area contributed by atoms with Crippen molar-refractivity contribution in [2.75, 3.05) is 4.43 Å². The predicted octanol–water partition coefficient (Wildman–Crippen LogP) is 6.68. The second kappa shape index (κ2) is 8.45. The van der Waals surface area contributed by atoms with E-state index in [0.717, 1.165) is 16.6 Å². The Kier molecular flexibility index (Phi) is 5.96. The van der Waals surface area contributed by atoms with E-state index in [1.54, 1.807) is 0 Å². The SMILES string of the molecule is CC1(CI)CCC2c3ccc(OCc4ccccc4)cc3CCC2C1CC#N. The molecule has 3 heteroatoms. The van der Waals surface area contributed by atoms with Gasteiger partial charge in [0.1, 0.15) is 12.4 Å². The molecule has 4 unspecified atom stereocenters. The largest absolute Gasteiger partial charge is 0.489 e. The second-order valence-corrected chi connectivity index (χ2v) is 9.50. The Morgan fingerprint density at radius 3 is 2.75 bits per heavy atom. The zero-order chi connectivity index (χ0) is 19.6. The number of nitriles is 1. The summed E-state index contributed by atoms with van der Waals surface area (Å²) in [5.74, 6) is 2.76. The molecule has 2 aromatic carbocycles. The third-order valence-corrected chi connectivity index (χ3v) is 8.82. The number of benzene rings is 2. The molecule has 2 aromatic rings. The number of fused-ring (bicyclic) bond motifs is 3. The summed E-state index contributed by atoms with van der Waals surface area (Å²) in [6.45, 7) is 3.03. The molecular weight excluding hydrogens is 457 g/mol. The van der Waals surface area contributed by atoms with Gasteiger partial charge in [0.25, 0.3) is 0 Å². The summed E-state index contributed by atoms with van der Waals surface area (Å²) in [6.07, 6.45) is 5.50. The number of halogens is 1. The molecule has 0 aromatic heterocycles. The highest BCUT2D eigenvalue weighted by Gasteiger charge is 2.47. The van der Waals surface area contributed by atoms with E-state index in [9.17, 15) is 5.26 Å². The maximum Gasteiger partial charge on any atom is 0.120 e. The third-order valence-electron chi connectivity index (χ3n) is 7.08. The molecular formula is C25H28INO. The minimum Gasteiger partial charge on any atom is -0.489 e. The monoisotopic (exact) mass is 485 g/mol. The summed E-state index contributed by atoms with van der Waals surface area (Å²) in [6, 6.07) is 19.6. The molecule has 0 radical (unpaired) electrons. The van der Waals surface area contributed by atoms with Crippen LogP contribution < -0.4 is 4.74 Å². The van der Waals surface area contributed by atoms with Crippen LogP contribution >= 0.6 is 22.6 Å². The van der Waals surface area contributed by atoms with Crippen molar-refractivity contribution in [3.63, 3.8) is 0 Å². The van der Waals surface area contributed by atoms with E-state index in [0.29, 0.717) is 36.2 Å². The molecule has 1 saturated carbocycles. The number of hydrogen-bond donors (Lipinski definition) is 0. The highest BCUT2D eigenvalue weighted by atomic mass is 127. The molecule has 0 saturated heterocycles. The van der Waals surface area contributed by atoms with E-state index in [4.69, 9.17) is 4.74 Å². The molecule has 1 fully saturated rings. The Labute approximate surface area is 182 Å². The van der Waals surface area contributed by atoms with Crippen LogP contribution in [0.3, 0.4) is 0 Å². The molecule has 2 nitrogen and oxygen atoms in total. The van der Waals surface area contributed by atoms with Gasteiger partial charge in [0.05, 0.1) is 6.07 Å². The highest BCUT2D eigenvalue weighted by Crippen LogP contribution is 2.56. The van der Waals surface area contributed by atoms with Gasteiger partial charge in [-0.15, -0.1) is 0 Å². The molecule has 2 aliphatic rings. The maximum absolute atomic E-state index is 9.45. The van der Waals surface area contributed by atoms with Crippen molar-refractivity contribution in [1.82, 2.24) is 0 Å². The Morgan fingerprint density at radius 1 is 1.18 bits per heavy atom. The Morgan fingerprint density at radius 2 is 2.00 bits per heavy atom. The summed E-state index contributed by atoms with van der Waals surface area (Å²) in [5.41, 5.74) is 4.49. The summed E-state index contributed by atoms with van der Waals surface area (Å²) < 4.78 is 7.21. The molecule has 0 spiro atoms. The lowest BCUT2D eigenvalue weighted by Gasteiger charge is -2.51. The number of hydrogen-bond acceptors (Lipinski definition) is 2. The van der Waals surface area contributed by atoms with Crippen molar-refractivity contribution in [3.05, 3.63) is 65.2 Å². The van der Waals surface area contributed by atoms with Crippen molar-refractivity contribution in [2.45, 2.75) is 51.6 Å². The Balaban J connectivity index is 1.53. The van der Waals surface area contributed by atoms with Gasteiger partial charge in [-0.3, -0.25) is 0 Å². The average molecular weight is 485 g/mol. The van der Waals surface area contributed by atoms with Crippen LogP contribution in [0.15, 0.2) is 48.5 Å². The fourth-order valence-electron chi connectivity index (χ4n) is 5.45. The lowest BCUT2D eigenvalue weighted by Crippen LogP contribution is -2.43. The van der Waals surface area contributed by atoms with Crippen LogP contribution in [0.4, 0.5) is 0 Å². The van der Waals surface area contributed by atoms with Gasteiger partial charge in [0.2, 0.25) is 0 Å². The van der Waals surface area contributed by atoms with Gasteiger partial charge in [-0.05, 0) is 77.7 Å². The Hall–Kier alpha value is -1.54. The molecule has 0 heterocycles. The summed E-state index contributed by atoms with van der Waals surface area (Å²) in [4.78, 5) is 0. The third kappa shape index (κ3) is 3.81. The van der Waals surface area contributed by atoms with Crippen LogP contribution in [0, 0.1) is 28.6 Å². The van der Waals surface area contributed by atoms with Gasteiger partial charge < -0.3 is 4.74 Å². The first-order chi connectivity index (χ1) is 13.6. The first-order valence-electron chi connectivity index (χ1n) is 10.4. The van der Waals surface area contributed by atoms with Crippen LogP contribution in [0.1, 0.15) is 55.2 Å². The minimum absolute atomic E-state index is 0.313.